The van der Waals surface area contributed by atoms with Crippen LogP contribution >= 0.6 is 0 Å². The van der Waals surface area contributed by atoms with Gasteiger partial charge < -0.3 is 19.9 Å². The first kappa shape index (κ1) is 20.9. The molecule has 1 aliphatic rings. The van der Waals surface area contributed by atoms with E-state index in [1.165, 1.54) is 0 Å². The summed E-state index contributed by atoms with van der Waals surface area (Å²) in [6, 6.07) is 11.7. The van der Waals surface area contributed by atoms with Crippen molar-refractivity contribution in [1.82, 2.24) is 20.1 Å². The molecule has 2 amide bonds. The molecule has 2 aromatic rings. The molecule has 1 aromatic carbocycles. The lowest BCUT2D eigenvalue weighted by atomic mass is 9.99. The lowest BCUT2D eigenvalue weighted by Gasteiger charge is -2.35. The van der Waals surface area contributed by atoms with Crippen molar-refractivity contribution in [1.29, 1.82) is 0 Å². The molecule has 7 heteroatoms. The molecule has 2 heterocycles. The van der Waals surface area contributed by atoms with Gasteiger partial charge in [-0.15, -0.1) is 0 Å². The van der Waals surface area contributed by atoms with Gasteiger partial charge >= 0.3 is 0 Å². The van der Waals surface area contributed by atoms with E-state index >= 15 is 0 Å². The SMILES string of the molecule is CNC(=O)c1ccc(C2CCCCN2CC(=O)NCc2cccc(OC)c2)n1C. The molecule has 1 aromatic heterocycles. The van der Waals surface area contributed by atoms with Crippen molar-refractivity contribution in [2.45, 2.75) is 31.8 Å². The van der Waals surface area contributed by atoms with Crippen molar-refractivity contribution >= 4 is 11.8 Å². The van der Waals surface area contributed by atoms with E-state index in [9.17, 15) is 9.59 Å². The van der Waals surface area contributed by atoms with Crippen LogP contribution in [0.15, 0.2) is 36.4 Å². The van der Waals surface area contributed by atoms with E-state index in [1.54, 1.807) is 14.2 Å². The van der Waals surface area contributed by atoms with Gasteiger partial charge in [0.15, 0.2) is 0 Å². The predicted molar refractivity (Wildman–Crippen MR) is 112 cm³/mol. The molecule has 1 aliphatic heterocycles. The van der Waals surface area contributed by atoms with Gasteiger partial charge in [0.2, 0.25) is 5.91 Å². The molecule has 0 saturated carbocycles. The van der Waals surface area contributed by atoms with Gasteiger partial charge in [0, 0.05) is 26.3 Å². The highest BCUT2D eigenvalue weighted by atomic mass is 16.5. The molecular weight excluding hydrogens is 368 g/mol. The van der Waals surface area contributed by atoms with Crippen LogP contribution < -0.4 is 15.4 Å². The highest BCUT2D eigenvalue weighted by molar-refractivity contribution is 5.92. The number of hydrogen-bond donors (Lipinski definition) is 2. The summed E-state index contributed by atoms with van der Waals surface area (Å²) in [5.74, 6) is 0.682. The fraction of sp³-hybridized carbons (Fsp3) is 0.455. The van der Waals surface area contributed by atoms with E-state index in [-0.39, 0.29) is 17.9 Å². The monoisotopic (exact) mass is 398 g/mol. The van der Waals surface area contributed by atoms with Gasteiger partial charge in [-0.25, -0.2) is 0 Å². The Bertz CT molecular complexity index is 861. The number of hydrogen-bond acceptors (Lipinski definition) is 4. The third-order valence-corrected chi connectivity index (χ3v) is 5.55. The molecule has 0 radical (unpaired) electrons. The summed E-state index contributed by atoms with van der Waals surface area (Å²) in [7, 11) is 5.18. The zero-order chi connectivity index (χ0) is 20.8. The number of carbonyl (C=O) groups is 2. The molecule has 0 spiro atoms. The normalized spacial score (nSPS) is 17.0. The minimum Gasteiger partial charge on any atom is -0.497 e. The molecule has 7 nitrogen and oxygen atoms in total. The first-order valence-corrected chi connectivity index (χ1v) is 10.0. The summed E-state index contributed by atoms with van der Waals surface area (Å²) in [6.07, 6.45) is 3.17. The quantitative estimate of drug-likeness (QED) is 0.750. The van der Waals surface area contributed by atoms with Crippen molar-refractivity contribution in [2.24, 2.45) is 7.05 Å². The topological polar surface area (TPSA) is 75.6 Å². The smallest absolute Gasteiger partial charge is 0.267 e. The first-order chi connectivity index (χ1) is 14.0. The number of nitrogens with one attached hydrogen (secondary N) is 2. The van der Waals surface area contributed by atoms with Gasteiger partial charge in [0.25, 0.3) is 5.91 Å². The van der Waals surface area contributed by atoms with Gasteiger partial charge in [-0.2, -0.15) is 0 Å². The number of ether oxygens (including phenoxy) is 1. The lowest BCUT2D eigenvalue weighted by molar-refractivity contribution is -0.123. The van der Waals surface area contributed by atoms with Crippen LogP contribution in [-0.4, -0.2) is 48.5 Å². The molecular formula is C22H30N4O3. The number of methoxy groups -OCH3 is 1. The van der Waals surface area contributed by atoms with Crippen molar-refractivity contribution in [3.8, 4) is 5.75 Å². The van der Waals surface area contributed by atoms with Crippen molar-refractivity contribution in [2.75, 3.05) is 27.2 Å². The summed E-state index contributed by atoms with van der Waals surface area (Å²) in [5, 5.41) is 5.69. The van der Waals surface area contributed by atoms with Crippen LogP contribution in [0.25, 0.3) is 0 Å². The molecule has 156 valence electrons. The molecule has 3 rings (SSSR count). The number of rotatable bonds is 7. The molecule has 1 saturated heterocycles. The molecule has 29 heavy (non-hydrogen) atoms. The molecule has 1 unspecified atom stereocenters. The van der Waals surface area contributed by atoms with Crippen LogP contribution in [0.4, 0.5) is 0 Å². The van der Waals surface area contributed by atoms with Crippen LogP contribution in [0.1, 0.15) is 47.1 Å². The van der Waals surface area contributed by atoms with Gasteiger partial charge in [-0.3, -0.25) is 14.5 Å². The highest BCUT2D eigenvalue weighted by Crippen LogP contribution is 2.31. The van der Waals surface area contributed by atoms with E-state index in [1.807, 2.05) is 48.0 Å². The summed E-state index contributed by atoms with van der Waals surface area (Å²) in [4.78, 5) is 26.9. The van der Waals surface area contributed by atoms with Gasteiger partial charge in [0.1, 0.15) is 11.4 Å². The number of nitrogens with zero attached hydrogens (tertiary/aromatic N) is 2. The fourth-order valence-electron chi connectivity index (χ4n) is 3.96. The predicted octanol–water partition coefficient (Wildman–Crippen LogP) is 2.24. The molecule has 0 bridgehead atoms. The minimum atomic E-state index is -0.0999. The Morgan fingerprint density at radius 3 is 2.79 bits per heavy atom. The summed E-state index contributed by atoms with van der Waals surface area (Å²) in [5.41, 5.74) is 2.71. The number of carbonyl (C=O) groups excluding carboxylic acids is 2. The summed E-state index contributed by atoms with van der Waals surface area (Å²) >= 11 is 0. The van der Waals surface area contributed by atoms with Gasteiger partial charge in [0.05, 0.1) is 19.7 Å². The maximum absolute atomic E-state index is 12.6. The third-order valence-electron chi connectivity index (χ3n) is 5.55. The standard InChI is InChI=1S/C22H30N4O3/c1-23-22(28)20-11-10-18(25(20)2)19-9-4-5-12-26(19)15-21(27)24-14-16-7-6-8-17(13-16)29-3/h6-8,10-11,13,19H,4-5,9,12,14-15H2,1-3H3,(H,23,28)(H,24,27). The zero-order valence-corrected chi connectivity index (χ0v) is 17.4. The summed E-state index contributed by atoms with van der Waals surface area (Å²) in [6.45, 7) is 1.69. The van der Waals surface area contributed by atoms with E-state index in [4.69, 9.17) is 4.74 Å². The summed E-state index contributed by atoms with van der Waals surface area (Å²) < 4.78 is 7.17. The van der Waals surface area contributed by atoms with Crippen molar-refractivity contribution < 1.29 is 14.3 Å². The van der Waals surface area contributed by atoms with E-state index < -0.39 is 0 Å². The minimum absolute atomic E-state index is 0.000420. The average molecular weight is 399 g/mol. The number of piperidine rings is 1. The molecule has 0 aliphatic carbocycles. The van der Waals surface area contributed by atoms with Crippen LogP contribution in [0, 0.1) is 0 Å². The van der Waals surface area contributed by atoms with Gasteiger partial charge in [-0.05, 0) is 49.2 Å². The van der Waals surface area contributed by atoms with Crippen molar-refractivity contribution in [3.05, 3.63) is 53.3 Å². The van der Waals surface area contributed by atoms with E-state index in [0.717, 1.165) is 42.8 Å². The molecule has 2 N–H and O–H groups in total. The fourth-order valence-corrected chi connectivity index (χ4v) is 3.96. The second kappa shape index (κ2) is 9.60. The van der Waals surface area contributed by atoms with E-state index in [2.05, 4.69) is 15.5 Å². The highest BCUT2D eigenvalue weighted by Gasteiger charge is 2.28. The largest absolute Gasteiger partial charge is 0.497 e. The number of aromatic nitrogens is 1. The van der Waals surface area contributed by atoms with Crippen molar-refractivity contribution in [3.63, 3.8) is 0 Å². The van der Waals surface area contributed by atoms with Gasteiger partial charge in [-0.1, -0.05) is 18.6 Å². The third kappa shape index (κ3) is 4.98. The average Bonchev–Trinajstić information content (AvgIpc) is 3.13. The molecule has 1 fully saturated rings. The number of likely N-dealkylation sites (tertiary alicyclic amines) is 1. The molecule has 1 atom stereocenters. The van der Waals surface area contributed by atoms with Crippen LogP contribution in [0.5, 0.6) is 5.75 Å². The maximum Gasteiger partial charge on any atom is 0.267 e. The van der Waals surface area contributed by atoms with Crippen LogP contribution in [-0.2, 0) is 18.4 Å². The Hall–Kier alpha value is -2.80. The first-order valence-electron chi connectivity index (χ1n) is 10.0. The number of benzene rings is 1. The maximum atomic E-state index is 12.6. The Morgan fingerprint density at radius 1 is 1.21 bits per heavy atom. The second-order valence-corrected chi connectivity index (χ2v) is 7.39. The van der Waals surface area contributed by atoms with E-state index in [0.29, 0.717) is 18.8 Å². The Morgan fingerprint density at radius 2 is 2.03 bits per heavy atom. The Labute approximate surface area is 172 Å². The van der Waals surface area contributed by atoms with Crippen LogP contribution in [0.2, 0.25) is 0 Å². The van der Waals surface area contributed by atoms with Crippen LogP contribution in [0.3, 0.4) is 0 Å². The Balaban J connectivity index is 1.64. The second-order valence-electron chi connectivity index (χ2n) is 7.39. The lowest BCUT2D eigenvalue weighted by Crippen LogP contribution is -2.42. The Kier molecular flexibility index (Phi) is 6.93. The number of amides is 2. The zero-order valence-electron chi connectivity index (χ0n) is 17.4.